The van der Waals surface area contributed by atoms with Gasteiger partial charge in [0.15, 0.2) is 11.5 Å². The molecule has 0 aliphatic carbocycles. The molecule has 0 atom stereocenters. The Labute approximate surface area is 164 Å². The first-order valence-electron chi connectivity index (χ1n) is 8.14. The molecule has 27 heavy (non-hydrogen) atoms. The molecular weight excluding hydrogens is 366 g/mol. The lowest BCUT2D eigenvalue weighted by atomic mass is 10.1. The molecule has 0 bridgehead atoms. The molecule has 0 fully saturated rings. The quantitative estimate of drug-likeness (QED) is 0.663. The molecule has 0 saturated carbocycles. The predicted octanol–water partition coefficient (Wildman–Crippen LogP) is 4.69. The van der Waals surface area contributed by atoms with E-state index in [0.29, 0.717) is 34.9 Å². The average Bonchev–Trinajstić information content (AvgIpc) is 2.68. The minimum Gasteiger partial charge on any atom is -0.494 e. The summed E-state index contributed by atoms with van der Waals surface area (Å²) in [6, 6.07) is 13.4. The van der Waals surface area contributed by atoms with Crippen molar-refractivity contribution in [2.75, 3.05) is 26.1 Å². The molecule has 0 saturated heterocycles. The molecule has 0 aliphatic heterocycles. The predicted molar refractivity (Wildman–Crippen MR) is 108 cm³/mol. The molecule has 0 radical (unpaired) electrons. The van der Waals surface area contributed by atoms with E-state index < -0.39 is 0 Å². The highest BCUT2D eigenvalue weighted by Gasteiger charge is 2.14. The van der Waals surface area contributed by atoms with Crippen LogP contribution >= 0.6 is 12.4 Å². The molecule has 1 N–H and O–H groups in total. The molecule has 3 aromatic rings. The summed E-state index contributed by atoms with van der Waals surface area (Å²) < 4.78 is 16.2. The monoisotopic (exact) mass is 385 g/mol. The zero-order valence-corrected chi connectivity index (χ0v) is 16.1. The van der Waals surface area contributed by atoms with Crippen molar-refractivity contribution in [1.29, 1.82) is 5.26 Å². The van der Waals surface area contributed by atoms with Crippen molar-refractivity contribution < 1.29 is 14.2 Å². The zero-order chi connectivity index (χ0) is 18.5. The lowest BCUT2D eigenvalue weighted by Gasteiger charge is -2.14. The van der Waals surface area contributed by atoms with Gasteiger partial charge in [-0.3, -0.25) is 4.98 Å². The van der Waals surface area contributed by atoms with Crippen LogP contribution < -0.4 is 19.5 Å². The van der Waals surface area contributed by atoms with E-state index in [2.05, 4.69) is 16.4 Å². The van der Waals surface area contributed by atoms with Crippen molar-refractivity contribution in [2.45, 2.75) is 6.92 Å². The fraction of sp³-hybridized carbons (Fsp3) is 0.200. The van der Waals surface area contributed by atoms with Gasteiger partial charge in [0.05, 0.1) is 37.6 Å². The minimum absolute atomic E-state index is 0. The second kappa shape index (κ2) is 8.97. The maximum atomic E-state index is 9.49. The van der Waals surface area contributed by atoms with E-state index in [9.17, 15) is 5.26 Å². The van der Waals surface area contributed by atoms with Gasteiger partial charge in [0.1, 0.15) is 11.8 Å². The number of rotatable bonds is 6. The van der Waals surface area contributed by atoms with Gasteiger partial charge in [-0.05, 0) is 37.3 Å². The van der Waals surface area contributed by atoms with Crippen molar-refractivity contribution in [1.82, 2.24) is 4.98 Å². The Morgan fingerprint density at radius 3 is 2.33 bits per heavy atom. The molecule has 7 heteroatoms. The molecule has 140 valence electrons. The number of benzene rings is 2. The van der Waals surface area contributed by atoms with E-state index in [0.717, 1.165) is 16.8 Å². The van der Waals surface area contributed by atoms with Crippen LogP contribution in [0.4, 0.5) is 11.4 Å². The van der Waals surface area contributed by atoms with Gasteiger partial charge >= 0.3 is 0 Å². The van der Waals surface area contributed by atoms with Gasteiger partial charge < -0.3 is 19.5 Å². The lowest BCUT2D eigenvalue weighted by molar-refractivity contribution is 0.340. The highest BCUT2D eigenvalue weighted by Crippen LogP contribution is 2.37. The molecule has 1 aromatic heterocycles. The largest absolute Gasteiger partial charge is 0.494 e. The van der Waals surface area contributed by atoms with Crippen LogP contribution in [0.5, 0.6) is 17.2 Å². The molecule has 0 aliphatic rings. The molecule has 0 spiro atoms. The third-order valence-electron chi connectivity index (χ3n) is 3.93. The number of hydrogen-bond acceptors (Lipinski definition) is 6. The number of hydrogen-bond donors (Lipinski definition) is 1. The Morgan fingerprint density at radius 2 is 1.74 bits per heavy atom. The smallest absolute Gasteiger partial charge is 0.162 e. The van der Waals surface area contributed by atoms with E-state index in [1.165, 1.54) is 0 Å². The van der Waals surface area contributed by atoms with Gasteiger partial charge in [-0.15, -0.1) is 12.4 Å². The van der Waals surface area contributed by atoms with Crippen LogP contribution in [0.25, 0.3) is 10.9 Å². The Kier molecular flexibility index (Phi) is 6.69. The number of anilines is 2. The number of fused-ring (bicyclic) bond motifs is 1. The Bertz CT molecular complexity index is 969. The second-order valence-corrected chi connectivity index (χ2v) is 5.47. The Morgan fingerprint density at radius 1 is 1.07 bits per heavy atom. The number of halogens is 1. The van der Waals surface area contributed by atoms with Crippen LogP contribution in [-0.2, 0) is 0 Å². The molecule has 3 rings (SSSR count). The van der Waals surface area contributed by atoms with Gasteiger partial charge in [0, 0.05) is 23.3 Å². The topological polar surface area (TPSA) is 76.4 Å². The first kappa shape index (κ1) is 20.1. The standard InChI is InChI=1S/C20H19N3O3.ClH/c1-4-26-15-7-5-14(6-8-15)23-20-13(11-21)12-22-17-10-19(25-3)18(24-2)9-16(17)20;/h5-10,12H,4H2,1-3H3,(H,22,23);1H. The Hall–Kier alpha value is -3.17. The van der Waals surface area contributed by atoms with Gasteiger partial charge in [-0.2, -0.15) is 5.26 Å². The summed E-state index contributed by atoms with van der Waals surface area (Å²) in [4.78, 5) is 4.36. The summed E-state index contributed by atoms with van der Waals surface area (Å²) in [6.07, 6.45) is 1.55. The van der Waals surface area contributed by atoms with Crippen molar-refractivity contribution in [3.05, 3.63) is 48.2 Å². The number of aromatic nitrogens is 1. The van der Waals surface area contributed by atoms with Crippen molar-refractivity contribution in [2.24, 2.45) is 0 Å². The van der Waals surface area contributed by atoms with Crippen LogP contribution in [0.1, 0.15) is 12.5 Å². The van der Waals surface area contributed by atoms with Gasteiger partial charge in [0.25, 0.3) is 0 Å². The number of methoxy groups -OCH3 is 2. The molecular formula is C20H20ClN3O3. The molecule has 0 amide bonds. The molecule has 2 aromatic carbocycles. The molecule has 0 unspecified atom stereocenters. The van der Waals surface area contributed by atoms with Crippen LogP contribution in [0, 0.1) is 11.3 Å². The van der Waals surface area contributed by atoms with E-state index in [-0.39, 0.29) is 12.4 Å². The van der Waals surface area contributed by atoms with Crippen LogP contribution in [0.3, 0.4) is 0 Å². The van der Waals surface area contributed by atoms with Gasteiger partial charge in [-0.25, -0.2) is 0 Å². The maximum absolute atomic E-state index is 9.49. The third-order valence-corrected chi connectivity index (χ3v) is 3.93. The van der Waals surface area contributed by atoms with Crippen molar-refractivity contribution >= 4 is 34.7 Å². The summed E-state index contributed by atoms with van der Waals surface area (Å²) in [5.41, 5.74) is 2.66. The zero-order valence-electron chi connectivity index (χ0n) is 15.3. The van der Waals surface area contributed by atoms with E-state index in [1.807, 2.05) is 37.3 Å². The van der Waals surface area contributed by atoms with Crippen molar-refractivity contribution in [3.63, 3.8) is 0 Å². The van der Waals surface area contributed by atoms with Crippen LogP contribution in [0.15, 0.2) is 42.6 Å². The van der Waals surface area contributed by atoms with Crippen molar-refractivity contribution in [3.8, 4) is 23.3 Å². The maximum Gasteiger partial charge on any atom is 0.162 e. The lowest BCUT2D eigenvalue weighted by Crippen LogP contribution is -1.99. The molecule has 1 heterocycles. The summed E-state index contributed by atoms with van der Waals surface area (Å²) in [7, 11) is 3.15. The van der Waals surface area contributed by atoms with Gasteiger partial charge in [-0.1, -0.05) is 0 Å². The first-order chi connectivity index (χ1) is 12.7. The number of nitrogens with zero attached hydrogens (tertiary/aromatic N) is 2. The second-order valence-electron chi connectivity index (χ2n) is 5.47. The van der Waals surface area contributed by atoms with E-state index in [4.69, 9.17) is 14.2 Å². The highest BCUT2D eigenvalue weighted by molar-refractivity contribution is 5.97. The Balaban J connectivity index is 0.00000261. The fourth-order valence-corrected chi connectivity index (χ4v) is 2.68. The number of pyridine rings is 1. The van der Waals surface area contributed by atoms with Crippen LogP contribution in [0.2, 0.25) is 0 Å². The summed E-state index contributed by atoms with van der Waals surface area (Å²) in [5, 5.41) is 13.6. The average molecular weight is 386 g/mol. The third kappa shape index (κ3) is 4.15. The summed E-state index contributed by atoms with van der Waals surface area (Å²) in [6.45, 7) is 2.55. The van der Waals surface area contributed by atoms with Crippen LogP contribution in [-0.4, -0.2) is 25.8 Å². The number of ether oxygens (including phenoxy) is 3. The first-order valence-corrected chi connectivity index (χ1v) is 8.14. The van der Waals surface area contributed by atoms with E-state index in [1.54, 1.807) is 26.5 Å². The van der Waals surface area contributed by atoms with Gasteiger partial charge in [0.2, 0.25) is 0 Å². The fourth-order valence-electron chi connectivity index (χ4n) is 2.68. The summed E-state index contributed by atoms with van der Waals surface area (Å²) >= 11 is 0. The number of nitrogens with one attached hydrogen (secondary N) is 1. The normalized spacial score (nSPS) is 9.85. The van der Waals surface area contributed by atoms with E-state index >= 15 is 0 Å². The number of nitriles is 1. The minimum atomic E-state index is 0. The summed E-state index contributed by atoms with van der Waals surface area (Å²) in [5.74, 6) is 1.96. The highest BCUT2D eigenvalue weighted by atomic mass is 35.5. The SMILES string of the molecule is CCOc1ccc(Nc2c(C#N)cnc3cc(OC)c(OC)cc23)cc1.Cl. The molecule has 6 nitrogen and oxygen atoms in total.